The van der Waals surface area contributed by atoms with Gasteiger partial charge in [-0.1, -0.05) is 32.6 Å². The van der Waals surface area contributed by atoms with Gasteiger partial charge in [-0.05, 0) is 49.1 Å². The van der Waals surface area contributed by atoms with Crippen LogP contribution in [-0.2, 0) is 0 Å². The van der Waals surface area contributed by atoms with Crippen LogP contribution in [0.15, 0.2) is 42.6 Å². The molecule has 0 unspecified atom stereocenters. The average molecular weight is 215 g/mol. The molecule has 0 saturated carbocycles. The highest BCUT2D eigenvalue weighted by Gasteiger charge is 1.98. The van der Waals surface area contributed by atoms with Crippen LogP contribution in [0, 0.1) is 19.8 Å². The van der Waals surface area contributed by atoms with Crippen LogP contribution in [0.3, 0.4) is 0 Å². The topological polar surface area (TPSA) is 12.0 Å². The molecule has 0 aliphatic rings. The van der Waals surface area contributed by atoms with E-state index in [0.717, 1.165) is 11.4 Å². The molecule has 0 aliphatic carbocycles. The summed E-state index contributed by atoms with van der Waals surface area (Å²) in [6.07, 6.45) is 4.03. The Labute approximate surface area is 98.9 Å². The first-order valence-corrected chi connectivity index (χ1v) is 5.71. The van der Waals surface area contributed by atoms with Gasteiger partial charge in [-0.2, -0.15) is 0 Å². The van der Waals surface area contributed by atoms with Crippen molar-refractivity contribution >= 4 is 5.69 Å². The van der Waals surface area contributed by atoms with Gasteiger partial charge in [-0.15, -0.1) is 0 Å². The number of hydrogen-bond acceptors (Lipinski definition) is 1. The van der Waals surface area contributed by atoms with Crippen LogP contribution in [0.4, 0.5) is 5.69 Å². The number of benzene rings is 1. The van der Waals surface area contributed by atoms with Crippen molar-refractivity contribution in [3.8, 4) is 0 Å². The summed E-state index contributed by atoms with van der Waals surface area (Å²) in [6.45, 7) is 12.4. The van der Waals surface area contributed by atoms with E-state index in [4.69, 9.17) is 0 Å². The van der Waals surface area contributed by atoms with Crippen LogP contribution < -0.4 is 5.32 Å². The molecule has 1 heteroatoms. The highest BCUT2D eigenvalue weighted by molar-refractivity contribution is 5.53. The van der Waals surface area contributed by atoms with E-state index in [2.05, 4.69) is 63.9 Å². The molecule has 1 rings (SSSR count). The second-order valence-electron chi connectivity index (χ2n) is 4.57. The lowest BCUT2D eigenvalue weighted by Gasteiger charge is -2.10. The van der Waals surface area contributed by atoms with Crippen LogP contribution in [0.5, 0.6) is 0 Å². The molecule has 1 aromatic carbocycles. The molecule has 0 saturated heterocycles. The Morgan fingerprint density at radius 1 is 1.19 bits per heavy atom. The van der Waals surface area contributed by atoms with Crippen LogP contribution in [-0.4, -0.2) is 0 Å². The van der Waals surface area contributed by atoms with E-state index in [1.807, 2.05) is 6.08 Å². The molecule has 86 valence electrons. The maximum Gasteiger partial charge on any atom is 0.0389 e. The Balaban J connectivity index is 2.90. The second-order valence-corrected chi connectivity index (χ2v) is 4.57. The summed E-state index contributed by atoms with van der Waals surface area (Å²) in [5.74, 6) is 0.520. The van der Waals surface area contributed by atoms with Gasteiger partial charge in [-0.3, -0.25) is 0 Å². The Morgan fingerprint density at radius 3 is 2.19 bits per heavy atom. The molecular formula is C15H21N. The third-order valence-corrected chi connectivity index (χ3v) is 2.24. The third-order valence-electron chi connectivity index (χ3n) is 2.24. The van der Waals surface area contributed by atoms with Crippen molar-refractivity contribution in [2.45, 2.75) is 27.7 Å². The van der Waals surface area contributed by atoms with Crippen molar-refractivity contribution in [2.24, 2.45) is 5.92 Å². The highest BCUT2D eigenvalue weighted by Crippen LogP contribution is 2.16. The standard InChI is InChI=1S/C15H21N/c1-6-14(7-11(2)3)16-15-9-12(4)8-13(5)10-15/h6-11,16H,1H2,2-5H3/b14-7+. The van der Waals surface area contributed by atoms with Crippen molar-refractivity contribution in [3.05, 3.63) is 53.8 Å². The van der Waals surface area contributed by atoms with Crippen LogP contribution in [0.1, 0.15) is 25.0 Å². The Bertz CT molecular complexity index is 380. The van der Waals surface area contributed by atoms with Gasteiger partial charge in [0.2, 0.25) is 0 Å². The van der Waals surface area contributed by atoms with E-state index in [1.54, 1.807) is 0 Å². The van der Waals surface area contributed by atoms with Gasteiger partial charge < -0.3 is 5.32 Å². The lowest BCUT2D eigenvalue weighted by atomic mass is 10.1. The van der Waals surface area contributed by atoms with Crippen molar-refractivity contribution < 1.29 is 0 Å². The van der Waals surface area contributed by atoms with Gasteiger partial charge in [0.1, 0.15) is 0 Å². The molecule has 0 bridgehead atoms. The molecule has 0 fully saturated rings. The van der Waals surface area contributed by atoms with Crippen LogP contribution >= 0.6 is 0 Å². The molecule has 0 aliphatic heterocycles. The third kappa shape index (κ3) is 3.93. The molecule has 1 N–H and O–H groups in total. The summed E-state index contributed by atoms with van der Waals surface area (Å²) in [6, 6.07) is 6.46. The lowest BCUT2D eigenvalue weighted by molar-refractivity contribution is 0.826. The second kappa shape index (κ2) is 5.55. The average Bonchev–Trinajstić information content (AvgIpc) is 2.14. The number of allylic oxidation sites excluding steroid dienone is 2. The molecule has 16 heavy (non-hydrogen) atoms. The molecular weight excluding hydrogens is 194 g/mol. The highest BCUT2D eigenvalue weighted by atomic mass is 14.9. The Kier molecular flexibility index (Phi) is 4.36. The molecule has 1 nitrogen and oxygen atoms in total. The molecule has 0 aromatic heterocycles. The minimum atomic E-state index is 0.520. The molecule has 0 radical (unpaired) electrons. The van der Waals surface area contributed by atoms with E-state index in [0.29, 0.717) is 5.92 Å². The number of aryl methyl sites for hydroxylation is 2. The molecule has 0 amide bonds. The van der Waals surface area contributed by atoms with Crippen molar-refractivity contribution in [3.63, 3.8) is 0 Å². The minimum absolute atomic E-state index is 0.520. The number of rotatable bonds is 4. The first-order chi connectivity index (χ1) is 7.51. The number of hydrogen-bond donors (Lipinski definition) is 1. The summed E-state index contributed by atoms with van der Waals surface area (Å²) >= 11 is 0. The van der Waals surface area contributed by atoms with Crippen molar-refractivity contribution in [2.75, 3.05) is 5.32 Å². The zero-order valence-electron chi connectivity index (χ0n) is 10.7. The molecule has 0 heterocycles. The zero-order chi connectivity index (χ0) is 12.1. The quantitative estimate of drug-likeness (QED) is 0.732. The fraction of sp³-hybridized carbons (Fsp3) is 0.333. The molecule has 0 spiro atoms. The van der Waals surface area contributed by atoms with Gasteiger partial charge in [-0.25, -0.2) is 0 Å². The monoisotopic (exact) mass is 215 g/mol. The first kappa shape index (κ1) is 12.6. The first-order valence-electron chi connectivity index (χ1n) is 5.71. The van der Waals surface area contributed by atoms with E-state index in [9.17, 15) is 0 Å². The Morgan fingerprint density at radius 2 is 1.75 bits per heavy atom. The predicted octanol–water partition coefficient (Wildman–Crippen LogP) is 4.44. The zero-order valence-corrected chi connectivity index (χ0v) is 10.7. The number of nitrogens with one attached hydrogen (secondary N) is 1. The summed E-state index contributed by atoms with van der Waals surface area (Å²) in [5, 5.41) is 3.38. The maximum atomic E-state index is 3.82. The SMILES string of the molecule is C=C/C(=C\C(C)C)Nc1cc(C)cc(C)c1. The van der Waals surface area contributed by atoms with Gasteiger partial charge in [0.25, 0.3) is 0 Å². The van der Waals surface area contributed by atoms with Crippen LogP contribution in [0.25, 0.3) is 0 Å². The van der Waals surface area contributed by atoms with Gasteiger partial charge in [0, 0.05) is 11.4 Å². The number of anilines is 1. The van der Waals surface area contributed by atoms with Gasteiger partial charge in [0.05, 0.1) is 0 Å². The summed E-state index contributed by atoms with van der Waals surface area (Å²) in [4.78, 5) is 0. The smallest absolute Gasteiger partial charge is 0.0389 e. The fourth-order valence-corrected chi connectivity index (χ4v) is 1.73. The van der Waals surface area contributed by atoms with Gasteiger partial charge in [0.15, 0.2) is 0 Å². The van der Waals surface area contributed by atoms with E-state index in [-0.39, 0.29) is 0 Å². The summed E-state index contributed by atoms with van der Waals surface area (Å²) in [7, 11) is 0. The maximum absolute atomic E-state index is 3.82. The Hall–Kier alpha value is -1.50. The minimum Gasteiger partial charge on any atom is -0.356 e. The fourth-order valence-electron chi connectivity index (χ4n) is 1.73. The normalized spacial score (nSPS) is 11.7. The molecule has 1 aromatic rings. The van der Waals surface area contributed by atoms with E-state index in [1.165, 1.54) is 11.1 Å². The predicted molar refractivity (Wildman–Crippen MR) is 72.7 cm³/mol. The van der Waals surface area contributed by atoms with Crippen molar-refractivity contribution in [1.82, 2.24) is 0 Å². The summed E-state index contributed by atoms with van der Waals surface area (Å²) < 4.78 is 0. The lowest BCUT2D eigenvalue weighted by Crippen LogP contribution is -1.99. The van der Waals surface area contributed by atoms with Gasteiger partial charge >= 0.3 is 0 Å². The molecule has 0 atom stereocenters. The largest absolute Gasteiger partial charge is 0.356 e. The van der Waals surface area contributed by atoms with Crippen LogP contribution in [0.2, 0.25) is 0 Å². The van der Waals surface area contributed by atoms with E-state index >= 15 is 0 Å². The van der Waals surface area contributed by atoms with E-state index < -0.39 is 0 Å². The summed E-state index contributed by atoms with van der Waals surface area (Å²) in [5.41, 5.74) is 4.75. The van der Waals surface area contributed by atoms with Crippen molar-refractivity contribution in [1.29, 1.82) is 0 Å².